The van der Waals surface area contributed by atoms with Crippen molar-refractivity contribution >= 4 is 5.91 Å². The van der Waals surface area contributed by atoms with Crippen molar-refractivity contribution in [1.29, 1.82) is 0 Å². The molecule has 24 heavy (non-hydrogen) atoms. The minimum Gasteiger partial charge on any atom is -0.377 e. The summed E-state index contributed by atoms with van der Waals surface area (Å²) in [4.78, 5) is 19.1. The quantitative estimate of drug-likeness (QED) is 0.892. The summed E-state index contributed by atoms with van der Waals surface area (Å²) < 4.78 is 10.1. The third kappa shape index (κ3) is 2.82. The molecule has 4 rings (SSSR count). The van der Waals surface area contributed by atoms with Gasteiger partial charge in [-0.25, -0.2) is 4.98 Å². The maximum absolute atomic E-state index is 12.7. The number of ether oxygens (including phenoxy) is 1. The molecule has 1 aliphatic carbocycles. The minimum atomic E-state index is -0.0762. The molecule has 8 heteroatoms. The number of rotatable bonds is 5. The normalized spacial score (nSPS) is 23.8. The Morgan fingerprint density at radius 2 is 2.29 bits per heavy atom. The topological polar surface area (TPSA) is 97.1 Å². The molecule has 2 fully saturated rings. The van der Waals surface area contributed by atoms with Crippen LogP contribution < -0.4 is 0 Å². The Bertz CT molecular complexity index is 736. The lowest BCUT2D eigenvalue weighted by atomic mass is 9.91. The first-order valence-electron chi connectivity index (χ1n) is 8.28. The Hall–Kier alpha value is -2.22. The van der Waals surface area contributed by atoms with Crippen LogP contribution in [0.1, 0.15) is 46.7 Å². The Labute approximate surface area is 139 Å². The molecular weight excluding hydrogens is 310 g/mol. The van der Waals surface area contributed by atoms with E-state index >= 15 is 0 Å². The third-order valence-electron chi connectivity index (χ3n) is 4.89. The highest BCUT2D eigenvalue weighted by Crippen LogP contribution is 2.47. The van der Waals surface area contributed by atoms with Crippen molar-refractivity contribution in [3.63, 3.8) is 0 Å². The summed E-state index contributed by atoms with van der Waals surface area (Å²) in [6, 6.07) is 1.69. The Morgan fingerprint density at radius 1 is 1.46 bits per heavy atom. The predicted octanol–water partition coefficient (Wildman–Crippen LogP) is 1.51. The largest absolute Gasteiger partial charge is 0.377 e. The molecule has 0 bridgehead atoms. The van der Waals surface area contributed by atoms with E-state index in [4.69, 9.17) is 9.26 Å². The molecular formula is C16H21N5O3. The number of methoxy groups -OCH3 is 1. The number of nitrogens with zero attached hydrogens (tertiary/aromatic N) is 4. The van der Waals surface area contributed by atoms with Crippen molar-refractivity contribution in [3.05, 3.63) is 29.2 Å². The van der Waals surface area contributed by atoms with Gasteiger partial charge in [0.2, 0.25) is 0 Å². The number of H-pyrrole nitrogens is 1. The molecule has 2 aromatic rings. The van der Waals surface area contributed by atoms with Crippen LogP contribution in [-0.4, -0.2) is 51.3 Å². The molecule has 1 aliphatic heterocycles. The fraction of sp³-hybridized carbons (Fsp3) is 0.625. The molecule has 0 spiro atoms. The van der Waals surface area contributed by atoms with Crippen molar-refractivity contribution in [2.45, 2.75) is 32.3 Å². The van der Waals surface area contributed by atoms with Gasteiger partial charge in [0.05, 0.1) is 0 Å². The second-order valence-corrected chi connectivity index (χ2v) is 6.71. The predicted molar refractivity (Wildman–Crippen MR) is 83.2 cm³/mol. The number of aromatic nitrogens is 4. The molecule has 1 N–H and O–H groups in total. The van der Waals surface area contributed by atoms with E-state index in [1.165, 1.54) is 12.8 Å². The van der Waals surface area contributed by atoms with E-state index < -0.39 is 0 Å². The van der Waals surface area contributed by atoms with E-state index in [-0.39, 0.29) is 11.8 Å². The van der Waals surface area contributed by atoms with E-state index in [1.54, 1.807) is 20.1 Å². The van der Waals surface area contributed by atoms with Crippen LogP contribution in [0.25, 0.3) is 0 Å². The molecule has 2 aromatic heterocycles. The zero-order valence-electron chi connectivity index (χ0n) is 13.9. The Morgan fingerprint density at radius 3 is 2.96 bits per heavy atom. The molecule has 1 saturated carbocycles. The van der Waals surface area contributed by atoms with Crippen molar-refractivity contribution in [2.75, 3.05) is 20.2 Å². The van der Waals surface area contributed by atoms with Gasteiger partial charge in [-0.3, -0.25) is 9.89 Å². The number of hydrogen-bond acceptors (Lipinski definition) is 6. The summed E-state index contributed by atoms with van der Waals surface area (Å²) >= 11 is 0. The summed E-state index contributed by atoms with van der Waals surface area (Å²) in [6.45, 7) is 3.55. The van der Waals surface area contributed by atoms with Crippen molar-refractivity contribution in [1.82, 2.24) is 25.2 Å². The number of carbonyl (C=O) groups excluding carboxylic acids is 1. The van der Waals surface area contributed by atoms with E-state index in [0.717, 1.165) is 18.2 Å². The van der Waals surface area contributed by atoms with Crippen molar-refractivity contribution in [2.24, 2.45) is 11.8 Å². The summed E-state index contributed by atoms with van der Waals surface area (Å²) in [5, 5.41) is 11.1. The van der Waals surface area contributed by atoms with Crippen LogP contribution in [0.5, 0.6) is 0 Å². The first-order valence-corrected chi connectivity index (χ1v) is 8.28. The van der Waals surface area contributed by atoms with Gasteiger partial charge in [-0.2, -0.15) is 5.10 Å². The number of nitrogens with one attached hydrogen (secondary N) is 1. The zero-order valence-corrected chi connectivity index (χ0v) is 13.9. The van der Waals surface area contributed by atoms with Gasteiger partial charge in [0.15, 0.2) is 17.3 Å². The number of aryl methyl sites for hydroxylation is 1. The first-order chi connectivity index (χ1) is 11.7. The summed E-state index contributed by atoms with van der Waals surface area (Å²) in [6.07, 6.45) is 2.45. The third-order valence-corrected chi connectivity index (χ3v) is 4.89. The van der Waals surface area contributed by atoms with Gasteiger partial charge in [-0.15, -0.1) is 0 Å². The number of likely N-dealkylation sites (tertiary alicyclic amines) is 1. The van der Waals surface area contributed by atoms with E-state index in [2.05, 4.69) is 20.3 Å². The van der Waals surface area contributed by atoms with Crippen LogP contribution >= 0.6 is 0 Å². The number of hydrogen-bond donors (Lipinski definition) is 1. The number of aromatic amines is 1. The van der Waals surface area contributed by atoms with E-state index in [9.17, 15) is 4.79 Å². The van der Waals surface area contributed by atoms with Gasteiger partial charge >= 0.3 is 0 Å². The summed E-state index contributed by atoms with van der Waals surface area (Å²) in [7, 11) is 1.63. The van der Waals surface area contributed by atoms with E-state index in [0.29, 0.717) is 36.4 Å². The highest BCUT2D eigenvalue weighted by Gasteiger charge is 2.46. The summed E-state index contributed by atoms with van der Waals surface area (Å²) in [5.74, 6) is 3.31. The second kappa shape index (κ2) is 6.01. The highest BCUT2D eigenvalue weighted by atomic mass is 16.5. The number of amides is 1. The van der Waals surface area contributed by atoms with Crippen LogP contribution in [0.4, 0.5) is 0 Å². The molecule has 2 aliphatic rings. The average Bonchev–Trinajstić information content (AvgIpc) is 2.99. The second-order valence-electron chi connectivity index (χ2n) is 6.71. The molecule has 1 amide bonds. The lowest BCUT2D eigenvalue weighted by Gasteiger charge is -2.14. The zero-order chi connectivity index (χ0) is 16.7. The van der Waals surface area contributed by atoms with Gasteiger partial charge in [-0.05, 0) is 31.6 Å². The van der Waals surface area contributed by atoms with Gasteiger partial charge in [0.25, 0.3) is 5.91 Å². The van der Waals surface area contributed by atoms with Gasteiger partial charge in [0, 0.05) is 32.2 Å². The van der Waals surface area contributed by atoms with Crippen molar-refractivity contribution < 1.29 is 14.1 Å². The smallest absolute Gasteiger partial charge is 0.276 e. The molecule has 0 unspecified atom stereocenters. The highest BCUT2D eigenvalue weighted by molar-refractivity contribution is 5.92. The van der Waals surface area contributed by atoms with Gasteiger partial charge in [-0.1, -0.05) is 5.16 Å². The lowest BCUT2D eigenvalue weighted by Crippen LogP contribution is -2.29. The van der Waals surface area contributed by atoms with Crippen LogP contribution in [0.15, 0.2) is 10.6 Å². The molecule has 2 atom stereocenters. The van der Waals surface area contributed by atoms with E-state index in [1.807, 2.05) is 4.90 Å². The first kappa shape index (κ1) is 15.3. The van der Waals surface area contributed by atoms with Crippen LogP contribution in [0, 0.1) is 18.8 Å². The number of carbonyl (C=O) groups is 1. The fourth-order valence-corrected chi connectivity index (χ4v) is 3.58. The Kier molecular flexibility index (Phi) is 3.84. The SMILES string of the molecule is COCc1nc([C@H]2CN(C(=O)c3cc(C)on3)C[C@@H]2C2CC2)n[nH]1. The maximum atomic E-state index is 12.7. The maximum Gasteiger partial charge on any atom is 0.276 e. The average molecular weight is 331 g/mol. The minimum absolute atomic E-state index is 0.0762. The standard InChI is InChI=1S/C16H21N5O3/c1-9-5-13(20-24-9)16(22)21-6-11(10-3-4-10)12(7-21)15-17-14(8-23-2)18-19-15/h5,10-12H,3-4,6-8H2,1-2H3,(H,17,18,19)/t11-,12+/m1/s1. The fourth-order valence-electron chi connectivity index (χ4n) is 3.58. The Balaban J connectivity index is 1.54. The molecule has 0 aromatic carbocycles. The molecule has 128 valence electrons. The molecule has 0 radical (unpaired) electrons. The molecule has 3 heterocycles. The van der Waals surface area contributed by atoms with Crippen LogP contribution in [0.2, 0.25) is 0 Å². The molecule has 8 nitrogen and oxygen atoms in total. The van der Waals surface area contributed by atoms with Gasteiger partial charge in [0.1, 0.15) is 12.4 Å². The van der Waals surface area contributed by atoms with Gasteiger partial charge < -0.3 is 14.2 Å². The lowest BCUT2D eigenvalue weighted by molar-refractivity contribution is 0.0774. The van der Waals surface area contributed by atoms with Crippen LogP contribution in [-0.2, 0) is 11.3 Å². The molecule has 1 saturated heterocycles. The monoisotopic (exact) mass is 331 g/mol. The van der Waals surface area contributed by atoms with Crippen molar-refractivity contribution in [3.8, 4) is 0 Å². The summed E-state index contributed by atoms with van der Waals surface area (Å²) in [5.41, 5.74) is 0.373. The van der Waals surface area contributed by atoms with Crippen LogP contribution in [0.3, 0.4) is 0 Å².